The molecule has 2 heteroatoms. The monoisotopic (exact) mass is 406 g/mol. The van der Waals surface area contributed by atoms with E-state index in [1.807, 2.05) is 0 Å². The average Bonchev–Trinajstić information content (AvgIpc) is 2.28. The maximum absolute atomic E-state index is 2.61. The van der Waals surface area contributed by atoms with Gasteiger partial charge in [-0.2, -0.15) is 0 Å². The Morgan fingerprint density at radius 1 is 0.600 bits per heavy atom. The molecule has 0 saturated heterocycles. The van der Waals surface area contributed by atoms with Crippen molar-refractivity contribution >= 4 is 23.2 Å². The van der Waals surface area contributed by atoms with Gasteiger partial charge in [-0.15, -0.1) is 0 Å². The van der Waals surface area contributed by atoms with Crippen LogP contribution in [-0.2, 0) is 0 Å². The first-order valence-electron chi connectivity index (χ1n) is 9.26. The van der Waals surface area contributed by atoms with E-state index in [0.717, 1.165) is 11.8 Å². The third kappa shape index (κ3) is 3.85. The van der Waals surface area contributed by atoms with E-state index in [9.17, 15) is 0 Å². The van der Waals surface area contributed by atoms with E-state index >= 15 is 0 Å². The van der Waals surface area contributed by atoms with E-state index in [0.29, 0.717) is 0 Å². The van der Waals surface area contributed by atoms with Gasteiger partial charge in [0, 0.05) is 0 Å². The zero-order valence-corrected chi connectivity index (χ0v) is 19.8. The zero-order chi connectivity index (χ0) is 16.0. The molecular weight excluding hydrogens is 363 g/mol. The van der Waals surface area contributed by atoms with E-state index in [1.165, 1.54) is 19.3 Å². The predicted octanol–water partition coefficient (Wildman–Crippen LogP) is 7.42. The van der Waals surface area contributed by atoms with Crippen molar-refractivity contribution in [2.24, 2.45) is 0 Å². The van der Waals surface area contributed by atoms with Gasteiger partial charge in [-0.1, -0.05) is 0 Å². The Morgan fingerprint density at radius 2 is 0.850 bits per heavy atom. The molecule has 0 aliphatic heterocycles. The molecule has 0 heterocycles. The first-order valence-corrected chi connectivity index (χ1v) is 21.1. The van der Waals surface area contributed by atoms with Gasteiger partial charge in [0.2, 0.25) is 0 Å². The van der Waals surface area contributed by atoms with Crippen LogP contribution in [0.1, 0.15) is 81.6 Å². The van der Waals surface area contributed by atoms with Crippen molar-refractivity contribution in [2.75, 3.05) is 0 Å². The van der Waals surface area contributed by atoms with Crippen molar-refractivity contribution in [1.82, 2.24) is 0 Å². The fraction of sp³-hybridized carbons (Fsp3) is 1.00. The van der Waals surface area contributed by atoms with Crippen LogP contribution in [0.3, 0.4) is 0 Å². The normalized spacial score (nSPS) is 13.8. The molecule has 0 aromatic rings. The van der Waals surface area contributed by atoms with Crippen LogP contribution in [0.4, 0.5) is 0 Å². The van der Waals surface area contributed by atoms with Gasteiger partial charge >= 0.3 is 135 Å². The SMILES string of the molecule is CCC[Si](CCC)(CCC)[Sn]([CH](C)C)([CH](C)C)[CH](C)C. The van der Waals surface area contributed by atoms with Crippen molar-refractivity contribution in [3.8, 4) is 0 Å². The summed E-state index contributed by atoms with van der Waals surface area (Å²) >= 11 is -2.17. The molecule has 0 radical (unpaired) electrons. The van der Waals surface area contributed by atoms with Crippen molar-refractivity contribution in [2.45, 2.75) is 112 Å². The van der Waals surface area contributed by atoms with E-state index in [1.54, 1.807) is 18.1 Å². The molecule has 0 nitrogen and oxygen atoms in total. The fourth-order valence-corrected chi connectivity index (χ4v) is 75.3. The molecule has 0 saturated carbocycles. The number of hydrogen-bond donors (Lipinski definition) is 0. The first kappa shape index (κ1) is 21.0. The number of hydrogen-bond acceptors (Lipinski definition) is 0. The third-order valence-electron chi connectivity index (χ3n) is 5.97. The first-order chi connectivity index (χ1) is 9.26. The van der Waals surface area contributed by atoms with Crippen molar-refractivity contribution in [3.63, 3.8) is 0 Å². The maximum atomic E-state index is 2.61. The second-order valence-electron chi connectivity index (χ2n) is 7.93. The van der Waals surface area contributed by atoms with E-state index in [4.69, 9.17) is 0 Å². The van der Waals surface area contributed by atoms with E-state index in [2.05, 4.69) is 62.3 Å². The van der Waals surface area contributed by atoms with Gasteiger partial charge in [0.25, 0.3) is 0 Å². The van der Waals surface area contributed by atoms with Crippen LogP contribution in [-0.4, -0.2) is 23.2 Å². The standard InChI is InChI=1S/C9H21Si.3C3H7.Sn/c1-4-7-10(8-5-2)9-6-3;3*1-3-2;/h4-9H2,1-3H3;3*3H,1-2H3;. The van der Waals surface area contributed by atoms with Gasteiger partial charge in [-0.25, -0.2) is 0 Å². The summed E-state index contributed by atoms with van der Waals surface area (Å²) in [4.78, 5) is 0. The van der Waals surface area contributed by atoms with Crippen LogP contribution in [0.5, 0.6) is 0 Å². The third-order valence-corrected chi connectivity index (χ3v) is 62.3. The summed E-state index contributed by atoms with van der Waals surface area (Å²) in [7, 11) is 0. The van der Waals surface area contributed by atoms with Crippen LogP contribution in [0.15, 0.2) is 0 Å². The van der Waals surface area contributed by atoms with E-state index in [-0.39, 0.29) is 0 Å². The second kappa shape index (κ2) is 9.22. The Balaban J connectivity index is 6.07. The summed E-state index contributed by atoms with van der Waals surface area (Å²) in [6.45, 7) is 23.0. The van der Waals surface area contributed by atoms with Crippen LogP contribution in [0.2, 0.25) is 29.9 Å². The topological polar surface area (TPSA) is 0 Å². The Morgan fingerprint density at radius 3 is 1.00 bits per heavy atom. The summed E-state index contributed by atoms with van der Waals surface area (Å²) in [5, 5.41) is 0. The van der Waals surface area contributed by atoms with Crippen LogP contribution in [0.25, 0.3) is 0 Å². The minimum atomic E-state index is -2.17. The van der Waals surface area contributed by atoms with Crippen LogP contribution in [0, 0.1) is 0 Å². The molecule has 0 spiro atoms. The number of rotatable bonds is 10. The molecule has 0 aliphatic carbocycles. The van der Waals surface area contributed by atoms with E-state index < -0.39 is 23.2 Å². The molecule has 0 atom stereocenters. The fourth-order valence-electron chi connectivity index (χ4n) is 6.30. The van der Waals surface area contributed by atoms with Crippen molar-refractivity contribution in [3.05, 3.63) is 0 Å². The van der Waals surface area contributed by atoms with Gasteiger partial charge < -0.3 is 0 Å². The summed E-state index contributed by atoms with van der Waals surface area (Å²) in [6.07, 6.45) is 4.32. The molecule has 122 valence electrons. The van der Waals surface area contributed by atoms with Crippen molar-refractivity contribution < 1.29 is 0 Å². The Labute approximate surface area is 134 Å². The zero-order valence-electron chi connectivity index (χ0n) is 16.0. The summed E-state index contributed by atoms with van der Waals surface area (Å²) in [5.74, 6) is 0. The molecule has 0 aromatic heterocycles. The van der Waals surface area contributed by atoms with Crippen LogP contribution < -0.4 is 0 Å². The Bertz CT molecular complexity index is 219. The van der Waals surface area contributed by atoms with Gasteiger partial charge in [-0.05, 0) is 0 Å². The van der Waals surface area contributed by atoms with Crippen molar-refractivity contribution in [1.29, 1.82) is 0 Å². The molecule has 0 aromatic carbocycles. The van der Waals surface area contributed by atoms with Gasteiger partial charge in [-0.3, -0.25) is 0 Å². The molecular formula is C18H42SiSn. The summed E-state index contributed by atoms with van der Waals surface area (Å²) < 4.78 is 3.09. The molecule has 20 heavy (non-hydrogen) atoms. The van der Waals surface area contributed by atoms with Gasteiger partial charge in [0.1, 0.15) is 0 Å². The molecule has 0 N–H and O–H groups in total. The second-order valence-corrected chi connectivity index (χ2v) is 42.1. The molecule has 0 unspecified atom stereocenters. The molecule has 0 aliphatic rings. The van der Waals surface area contributed by atoms with Crippen LogP contribution >= 0.6 is 0 Å². The minimum absolute atomic E-state index is 1.03. The quantitative estimate of drug-likeness (QED) is 0.332. The Kier molecular flexibility index (Phi) is 9.69. The molecule has 0 bridgehead atoms. The Hall–Kier alpha value is 1.02. The average molecular weight is 405 g/mol. The summed E-state index contributed by atoms with van der Waals surface area (Å²) in [5.41, 5.74) is -1.05. The predicted molar refractivity (Wildman–Crippen MR) is 102 cm³/mol. The molecule has 0 fully saturated rings. The molecule has 0 amide bonds. The van der Waals surface area contributed by atoms with Gasteiger partial charge in [0.05, 0.1) is 0 Å². The molecule has 0 rings (SSSR count). The van der Waals surface area contributed by atoms with Gasteiger partial charge in [0.15, 0.2) is 0 Å². The summed E-state index contributed by atoms with van der Waals surface area (Å²) in [6, 6.07) is 4.91.